The zero-order valence-corrected chi connectivity index (χ0v) is 33.7. The molecular weight excluding hydrogens is 663 g/mol. The molecule has 0 unspecified atom stereocenters. The first-order valence-corrected chi connectivity index (χ1v) is 19.7. The first kappa shape index (κ1) is 36.3. The lowest BCUT2D eigenvalue weighted by molar-refractivity contribution is -0.964. The molecule has 0 saturated carbocycles. The van der Waals surface area contributed by atoms with Crippen LogP contribution in [0.1, 0.15) is 76.6 Å². The molecule has 54 heavy (non-hydrogen) atoms. The number of methoxy groups -OCH3 is 3. The molecule has 2 aliphatic heterocycles. The van der Waals surface area contributed by atoms with E-state index >= 15 is 0 Å². The molecule has 2 heterocycles. The minimum atomic E-state index is -0.169. The highest BCUT2D eigenvalue weighted by molar-refractivity contribution is 5.95. The van der Waals surface area contributed by atoms with Crippen molar-refractivity contribution in [1.29, 1.82) is 0 Å². The number of benzene rings is 6. The lowest BCUT2D eigenvalue weighted by atomic mass is 9.76. The zero-order valence-electron chi connectivity index (χ0n) is 33.7. The molecule has 0 amide bonds. The fourth-order valence-electron chi connectivity index (χ4n) is 9.69. The van der Waals surface area contributed by atoms with Gasteiger partial charge in [-0.05, 0) is 78.9 Å². The highest BCUT2D eigenvalue weighted by Gasteiger charge is 2.47. The Morgan fingerprint density at radius 2 is 1.02 bits per heavy atom. The van der Waals surface area contributed by atoms with Crippen LogP contribution >= 0.6 is 0 Å². The van der Waals surface area contributed by atoms with Gasteiger partial charge in [0.15, 0.2) is 0 Å². The van der Waals surface area contributed by atoms with E-state index in [1.807, 2.05) is 21.3 Å². The topological polar surface area (TPSA) is 27.7 Å². The molecule has 0 aromatic heterocycles. The molecule has 4 heteroatoms. The summed E-state index contributed by atoms with van der Waals surface area (Å²) in [5.41, 5.74) is 12.3. The number of hydrogen-bond donors (Lipinski definition) is 0. The van der Waals surface area contributed by atoms with Crippen molar-refractivity contribution in [3.8, 4) is 44.9 Å². The standard InChI is InChI=1S/C50H56NO3/c1-49(2,3)43-27-39-40-28-44(50(4,5)6)48(54-9)46(37-23-21-33-16-11-13-18-35(33)26-37)42(40)30-51(24-14-19-38(51)31-52-7)29-41(39)45(47(43)53-8)36-22-20-32-15-10-12-17-34(32)25-36/h10-13,15-18,20-23,25-28,38H,14,19,24,29-31H2,1-9H3/q+1/t38-/m0/s1. The molecular formula is C50H56NO3+. The normalized spacial score (nSPS) is 16.7. The van der Waals surface area contributed by atoms with Crippen molar-refractivity contribution in [2.24, 2.45) is 0 Å². The Morgan fingerprint density at radius 3 is 1.43 bits per heavy atom. The van der Waals surface area contributed by atoms with E-state index in [9.17, 15) is 0 Å². The van der Waals surface area contributed by atoms with Gasteiger partial charge >= 0.3 is 0 Å². The van der Waals surface area contributed by atoms with Crippen molar-refractivity contribution in [1.82, 2.24) is 0 Å². The van der Waals surface area contributed by atoms with Crippen molar-refractivity contribution in [2.75, 3.05) is 34.5 Å². The third-order valence-corrected chi connectivity index (χ3v) is 12.4. The molecule has 0 bridgehead atoms. The first-order chi connectivity index (χ1) is 25.9. The molecule has 0 N–H and O–H groups in total. The van der Waals surface area contributed by atoms with E-state index in [0.29, 0.717) is 6.04 Å². The molecule has 0 aliphatic carbocycles. The number of rotatable bonds is 6. The number of fused-ring (bicyclic) bond motifs is 5. The number of nitrogens with zero attached hydrogens (tertiary/aromatic N) is 1. The van der Waals surface area contributed by atoms with Crippen molar-refractivity contribution in [2.45, 2.75) is 84.3 Å². The molecule has 1 spiro atoms. The summed E-state index contributed by atoms with van der Waals surface area (Å²) >= 11 is 0. The van der Waals surface area contributed by atoms with Gasteiger partial charge in [-0.3, -0.25) is 0 Å². The number of ether oxygens (including phenoxy) is 3. The van der Waals surface area contributed by atoms with Crippen LogP contribution in [0.25, 0.3) is 54.9 Å². The average molecular weight is 719 g/mol. The second-order valence-electron chi connectivity index (χ2n) is 17.9. The summed E-state index contributed by atoms with van der Waals surface area (Å²) in [6.07, 6.45) is 2.31. The molecule has 8 rings (SSSR count). The van der Waals surface area contributed by atoms with Crippen LogP contribution in [0.5, 0.6) is 11.5 Å². The molecule has 1 saturated heterocycles. The van der Waals surface area contributed by atoms with Crippen LogP contribution in [0.4, 0.5) is 0 Å². The molecule has 278 valence electrons. The largest absolute Gasteiger partial charge is 0.496 e. The second-order valence-corrected chi connectivity index (χ2v) is 17.9. The van der Waals surface area contributed by atoms with Crippen LogP contribution in [-0.2, 0) is 28.7 Å². The van der Waals surface area contributed by atoms with E-state index in [-0.39, 0.29) is 10.8 Å². The fourth-order valence-corrected chi connectivity index (χ4v) is 9.69. The zero-order chi connectivity index (χ0) is 38.0. The molecule has 6 aromatic carbocycles. The van der Waals surface area contributed by atoms with Crippen LogP contribution in [0.3, 0.4) is 0 Å². The van der Waals surface area contributed by atoms with E-state index < -0.39 is 0 Å². The summed E-state index contributed by atoms with van der Waals surface area (Å²) in [5.74, 6) is 1.97. The summed E-state index contributed by atoms with van der Waals surface area (Å²) in [6.45, 7) is 17.5. The maximum Gasteiger partial charge on any atom is 0.130 e. The summed E-state index contributed by atoms with van der Waals surface area (Å²) in [7, 11) is 5.59. The van der Waals surface area contributed by atoms with Crippen molar-refractivity contribution < 1.29 is 18.7 Å². The SMILES string of the molecule is COC[C@@H]1CCC[N+]12Cc1c(cc(C(C)(C)C)c(OC)c1-c1ccc3ccccc3c1)-c1cc(C(C)(C)C)c(OC)c(-c3ccc4ccccc4c3)c1C2. The van der Waals surface area contributed by atoms with Gasteiger partial charge in [0, 0.05) is 53.3 Å². The molecule has 0 radical (unpaired) electrons. The minimum Gasteiger partial charge on any atom is -0.496 e. The summed E-state index contributed by atoms with van der Waals surface area (Å²) in [5, 5.41) is 4.96. The van der Waals surface area contributed by atoms with Crippen molar-refractivity contribution in [3.05, 3.63) is 119 Å². The molecule has 4 nitrogen and oxygen atoms in total. The lowest BCUT2D eigenvalue weighted by Crippen LogP contribution is -2.51. The van der Waals surface area contributed by atoms with E-state index in [2.05, 4.69) is 139 Å². The minimum absolute atomic E-state index is 0.169. The maximum absolute atomic E-state index is 6.59. The smallest absolute Gasteiger partial charge is 0.130 e. The van der Waals surface area contributed by atoms with Gasteiger partial charge in [0.05, 0.1) is 27.4 Å². The van der Waals surface area contributed by atoms with Gasteiger partial charge in [0.1, 0.15) is 30.6 Å². The Hall–Kier alpha value is -4.64. The Bertz CT molecular complexity index is 2230. The first-order valence-electron chi connectivity index (χ1n) is 19.7. The Balaban J connectivity index is 1.56. The predicted molar refractivity (Wildman–Crippen MR) is 226 cm³/mol. The fraction of sp³-hybridized carbons (Fsp3) is 0.360. The van der Waals surface area contributed by atoms with E-state index in [4.69, 9.17) is 14.2 Å². The maximum atomic E-state index is 6.59. The second kappa shape index (κ2) is 13.6. The lowest BCUT2D eigenvalue weighted by Gasteiger charge is -2.40. The number of quaternary nitrogens is 1. The van der Waals surface area contributed by atoms with Crippen LogP contribution in [0.2, 0.25) is 0 Å². The monoisotopic (exact) mass is 718 g/mol. The third kappa shape index (κ3) is 6.08. The Morgan fingerprint density at radius 1 is 0.574 bits per heavy atom. The van der Waals surface area contributed by atoms with Gasteiger partial charge in [0.2, 0.25) is 0 Å². The van der Waals surface area contributed by atoms with Crippen molar-refractivity contribution >= 4 is 21.5 Å². The Kier molecular flexibility index (Phi) is 9.14. The van der Waals surface area contributed by atoms with Crippen LogP contribution < -0.4 is 9.47 Å². The van der Waals surface area contributed by atoms with E-state index in [1.165, 1.54) is 83.6 Å². The van der Waals surface area contributed by atoms with Gasteiger partial charge in [-0.1, -0.05) is 114 Å². The van der Waals surface area contributed by atoms with Gasteiger partial charge in [-0.2, -0.15) is 0 Å². The third-order valence-electron chi connectivity index (χ3n) is 12.4. The van der Waals surface area contributed by atoms with Crippen LogP contribution in [0, 0.1) is 0 Å². The summed E-state index contributed by atoms with van der Waals surface area (Å²) in [4.78, 5) is 0. The highest BCUT2D eigenvalue weighted by Crippen LogP contribution is 2.55. The highest BCUT2D eigenvalue weighted by atomic mass is 16.5. The van der Waals surface area contributed by atoms with E-state index in [0.717, 1.165) is 48.6 Å². The molecule has 2 aliphatic rings. The summed E-state index contributed by atoms with van der Waals surface area (Å²) < 4.78 is 20.2. The number of hydrogen-bond acceptors (Lipinski definition) is 3. The van der Waals surface area contributed by atoms with Gasteiger partial charge in [-0.25, -0.2) is 0 Å². The van der Waals surface area contributed by atoms with Gasteiger partial charge in [-0.15, -0.1) is 0 Å². The molecule has 6 aromatic rings. The summed E-state index contributed by atoms with van der Waals surface area (Å²) in [6, 6.07) is 36.7. The molecule has 1 fully saturated rings. The molecule has 1 atom stereocenters. The van der Waals surface area contributed by atoms with Crippen molar-refractivity contribution in [3.63, 3.8) is 0 Å². The van der Waals surface area contributed by atoms with Gasteiger partial charge < -0.3 is 18.7 Å². The predicted octanol–water partition coefficient (Wildman–Crippen LogP) is 12.2. The van der Waals surface area contributed by atoms with Crippen LogP contribution in [-0.4, -0.2) is 45.0 Å². The van der Waals surface area contributed by atoms with Crippen LogP contribution in [0.15, 0.2) is 97.1 Å². The van der Waals surface area contributed by atoms with E-state index in [1.54, 1.807) is 0 Å². The quantitative estimate of drug-likeness (QED) is 0.161. The van der Waals surface area contributed by atoms with Gasteiger partial charge in [0.25, 0.3) is 0 Å². The average Bonchev–Trinajstić information content (AvgIpc) is 3.46. The Labute approximate surface area is 322 Å².